The highest BCUT2D eigenvalue weighted by atomic mass is 32.2. The van der Waals surface area contributed by atoms with Crippen LogP contribution in [-0.4, -0.2) is 22.6 Å². The molecule has 0 aliphatic carbocycles. The number of anilines is 2. The maximum Gasteiger partial charge on any atom is 0.236 e. The van der Waals surface area contributed by atoms with Crippen molar-refractivity contribution in [2.45, 2.75) is 11.8 Å². The number of carbonyl (C=O) groups excluding carboxylic acids is 2. The summed E-state index contributed by atoms with van der Waals surface area (Å²) >= 11 is 4.44. The lowest BCUT2D eigenvalue weighted by atomic mass is 10.3. The molecule has 0 atom stereocenters. The molecule has 8 heteroatoms. The molecule has 0 saturated heterocycles. The summed E-state index contributed by atoms with van der Waals surface area (Å²) in [7, 11) is 0. The maximum atomic E-state index is 12.1. The molecular formula is C17H15N3O2S3. The van der Waals surface area contributed by atoms with E-state index in [2.05, 4.69) is 15.6 Å². The van der Waals surface area contributed by atoms with Crippen molar-refractivity contribution in [3.8, 4) is 10.6 Å². The lowest BCUT2D eigenvalue weighted by Crippen LogP contribution is -2.13. The number of benzene rings is 1. The van der Waals surface area contributed by atoms with Gasteiger partial charge >= 0.3 is 0 Å². The summed E-state index contributed by atoms with van der Waals surface area (Å²) in [5.74, 6) is 0.0458. The second-order valence-corrected chi connectivity index (χ2v) is 7.92. The number of thiazole rings is 1. The van der Waals surface area contributed by atoms with Gasteiger partial charge in [-0.3, -0.25) is 9.59 Å². The van der Waals surface area contributed by atoms with Crippen molar-refractivity contribution >= 4 is 57.1 Å². The Morgan fingerprint density at radius 2 is 2.04 bits per heavy atom. The molecular weight excluding hydrogens is 374 g/mol. The summed E-state index contributed by atoms with van der Waals surface area (Å²) in [4.78, 5) is 29.6. The van der Waals surface area contributed by atoms with Crippen molar-refractivity contribution in [2.24, 2.45) is 0 Å². The molecule has 0 aliphatic heterocycles. The van der Waals surface area contributed by atoms with Gasteiger partial charge in [0, 0.05) is 22.9 Å². The molecule has 0 radical (unpaired) electrons. The van der Waals surface area contributed by atoms with Crippen molar-refractivity contribution in [2.75, 3.05) is 16.4 Å². The average Bonchev–Trinajstić information content (AvgIpc) is 3.24. The molecule has 3 aromatic rings. The Balaban J connectivity index is 1.54. The minimum atomic E-state index is -0.120. The van der Waals surface area contributed by atoms with E-state index < -0.39 is 0 Å². The van der Waals surface area contributed by atoms with Gasteiger partial charge in [-0.05, 0) is 29.6 Å². The number of carbonyl (C=O) groups is 2. The zero-order valence-electron chi connectivity index (χ0n) is 13.3. The number of rotatable bonds is 6. The smallest absolute Gasteiger partial charge is 0.236 e. The Morgan fingerprint density at radius 3 is 2.80 bits per heavy atom. The minimum Gasteiger partial charge on any atom is -0.326 e. The number of hydrogen-bond donors (Lipinski definition) is 2. The second-order valence-electron chi connectivity index (χ2n) is 5.06. The third kappa shape index (κ3) is 5.15. The third-order valence-corrected chi connectivity index (χ3v) is 5.69. The van der Waals surface area contributed by atoms with Gasteiger partial charge in [0.15, 0.2) is 5.13 Å². The second kappa shape index (κ2) is 8.28. The predicted octanol–water partition coefficient (Wildman–Crippen LogP) is 4.56. The van der Waals surface area contributed by atoms with Gasteiger partial charge in [-0.15, -0.1) is 34.4 Å². The number of nitrogens with zero attached hydrogens (tertiary/aromatic N) is 1. The van der Waals surface area contributed by atoms with Gasteiger partial charge in [-0.1, -0.05) is 12.1 Å². The number of aromatic nitrogens is 1. The molecule has 0 unspecified atom stereocenters. The van der Waals surface area contributed by atoms with Gasteiger partial charge in [-0.2, -0.15) is 0 Å². The summed E-state index contributed by atoms with van der Waals surface area (Å²) in [6, 6.07) is 11.4. The number of hydrogen-bond acceptors (Lipinski definition) is 6. The molecule has 0 saturated carbocycles. The summed E-state index contributed by atoms with van der Waals surface area (Å²) in [5.41, 5.74) is 1.60. The molecule has 0 aliphatic rings. The lowest BCUT2D eigenvalue weighted by molar-refractivity contribution is -0.114. The summed E-state index contributed by atoms with van der Waals surface area (Å²) in [5, 5.41) is 10.1. The van der Waals surface area contributed by atoms with Crippen LogP contribution in [0.1, 0.15) is 6.92 Å². The predicted molar refractivity (Wildman–Crippen MR) is 106 cm³/mol. The van der Waals surface area contributed by atoms with Crippen molar-refractivity contribution in [3.05, 3.63) is 47.2 Å². The monoisotopic (exact) mass is 389 g/mol. The maximum absolute atomic E-state index is 12.1. The van der Waals surface area contributed by atoms with Gasteiger partial charge < -0.3 is 10.6 Å². The summed E-state index contributed by atoms with van der Waals surface area (Å²) < 4.78 is 0. The van der Waals surface area contributed by atoms with Gasteiger partial charge in [0.1, 0.15) is 0 Å². The number of amides is 2. The van der Waals surface area contributed by atoms with E-state index in [1.807, 2.05) is 47.2 Å². The van der Waals surface area contributed by atoms with Crippen molar-refractivity contribution < 1.29 is 9.59 Å². The molecule has 128 valence electrons. The lowest BCUT2D eigenvalue weighted by Gasteiger charge is -2.05. The Hall–Kier alpha value is -2.16. The zero-order valence-corrected chi connectivity index (χ0v) is 15.8. The van der Waals surface area contributed by atoms with Crippen LogP contribution in [0.5, 0.6) is 0 Å². The van der Waals surface area contributed by atoms with E-state index >= 15 is 0 Å². The first kappa shape index (κ1) is 17.7. The van der Waals surface area contributed by atoms with Gasteiger partial charge in [0.2, 0.25) is 11.8 Å². The van der Waals surface area contributed by atoms with Gasteiger partial charge in [-0.25, -0.2) is 4.98 Å². The number of thiophene rings is 1. The van der Waals surface area contributed by atoms with Crippen molar-refractivity contribution in [1.82, 2.24) is 4.98 Å². The fourth-order valence-electron chi connectivity index (χ4n) is 2.04. The SMILES string of the molecule is CC(=O)Nc1cccc(SCC(=O)Nc2nc(-c3cccs3)cs2)c1. The average molecular weight is 390 g/mol. The molecule has 1 aromatic carbocycles. The van der Waals surface area contributed by atoms with Gasteiger partial charge in [0.05, 0.1) is 16.3 Å². The van der Waals surface area contributed by atoms with E-state index in [4.69, 9.17) is 0 Å². The van der Waals surface area contributed by atoms with E-state index in [9.17, 15) is 9.59 Å². The molecule has 0 fully saturated rings. The van der Waals surface area contributed by atoms with Crippen LogP contribution in [0, 0.1) is 0 Å². The third-order valence-electron chi connectivity index (χ3n) is 3.05. The first-order valence-electron chi connectivity index (χ1n) is 7.40. The van der Waals surface area contributed by atoms with Crippen LogP contribution in [0.25, 0.3) is 10.6 Å². The van der Waals surface area contributed by atoms with Crippen LogP contribution in [0.4, 0.5) is 10.8 Å². The first-order valence-corrected chi connectivity index (χ1v) is 10.1. The quantitative estimate of drug-likeness (QED) is 0.606. The highest BCUT2D eigenvalue weighted by Gasteiger charge is 2.09. The van der Waals surface area contributed by atoms with E-state index in [1.165, 1.54) is 30.0 Å². The Kier molecular flexibility index (Phi) is 5.85. The molecule has 2 aromatic heterocycles. The van der Waals surface area contributed by atoms with Crippen LogP contribution in [0.3, 0.4) is 0 Å². The Labute approximate surface area is 157 Å². The topological polar surface area (TPSA) is 71.1 Å². The largest absolute Gasteiger partial charge is 0.326 e. The normalized spacial score (nSPS) is 10.4. The highest BCUT2D eigenvalue weighted by Crippen LogP contribution is 2.28. The number of nitrogens with one attached hydrogen (secondary N) is 2. The molecule has 2 amide bonds. The van der Waals surface area contributed by atoms with Gasteiger partial charge in [0.25, 0.3) is 0 Å². The van der Waals surface area contributed by atoms with E-state index in [0.717, 1.165) is 21.2 Å². The summed E-state index contributed by atoms with van der Waals surface area (Å²) in [6.07, 6.45) is 0. The van der Waals surface area contributed by atoms with E-state index in [0.29, 0.717) is 5.13 Å². The van der Waals surface area contributed by atoms with Crippen molar-refractivity contribution in [3.63, 3.8) is 0 Å². The molecule has 3 rings (SSSR count). The highest BCUT2D eigenvalue weighted by molar-refractivity contribution is 8.00. The van der Waals surface area contributed by atoms with E-state index in [1.54, 1.807) is 11.3 Å². The fraction of sp³-hybridized carbons (Fsp3) is 0.118. The standard InChI is InChI=1S/C17H15N3O2S3/c1-11(21)18-12-4-2-5-13(8-12)24-10-16(22)20-17-19-14(9-25-17)15-6-3-7-23-15/h2-9H,10H2,1H3,(H,18,21)(H,19,20,22). The van der Waals surface area contributed by atoms with Crippen LogP contribution in [0.2, 0.25) is 0 Å². The minimum absolute atomic E-state index is 0.109. The molecule has 2 heterocycles. The molecule has 0 spiro atoms. The molecule has 0 bridgehead atoms. The Morgan fingerprint density at radius 1 is 1.16 bits per heavy atom. The first-order chi connectivity index (χ1) is 12.1. The molecule has 2 N–H and O–H groups in total. The van der Waals surface area contributed by atoms with Crippen LogP contribution in [-0.2, 0) is 9.59 Å². The number of thioether (sulfide) groups is 1. The Bertz CT molecular complexity index is 875. The molecule has 25 heavy (non-hydrogen) atoms. The van der Waals surface area contributed by atoms with Crippen molar-refractivity contribution in [1.29, 1.82) is 0 Å². The molecule has 5 nitrogen and oxygen atoms in total. The van der Waals surface area contributed by atoms with E-state index in [-0.39, 0.29) is 17.6 Å². The van der Waals surface area contributed by atoms with Crippen LogP contribution in [0.15, 0.2) is 52.1 Å². The van der Waals surface area contributed by atoms with Crippen LogP contribution >= 0.6 is 34.4 Å². The summed E-state index contributed by atoms with van der Waals surface area (Å²) in [6.45, 7) is 1.46. The zero-order chi connectivity index (χ0) is 17.6. The fourth-order valence-corrected chi connectivity index (χ4v) is 4.28. The van der Waals surface area contributed by atoms with Crippen LogP contribution < -0.4 is 10.6 Å².